The van der Waals surface area contributed by atoms with Crippen molar-refractivity contribution in [3.63, 3.8) is 0 Å². The lowest BCUT2D eigenvalue weighted by Gasteiger charge is -2.12. The fraction of sp³-hybridized carbons (Fsp3) is 0.769. The number of nitrogens with zero attached hydrogens (tertiary/aromatic N) is 2. The highest BCUT2D eigenvalue weighted by atomic mass is 79.9. The fourth-order valence-electron chi connectivity index (χ4n) is 1.98. The van der Waals surface area contributed by atoms with Crippen molar-refractivity contribution in [3.05, 3.63) is 15.9 Å². The molecule has 0 aliphatic carbocycles. The van der Waals surface area contributed by atoms with Gasteiger partial charge in [-0.05, 0) is 61.6 Å². The standard InChI is InChI=1S/C13H24BrN3/c1-5-15-9-10(3)7-8-12-13(14)11(4)16-17(12)6-2/h10,15H,5-9H2,1-4H3. The zero-order valence-electron chi connectivity index (χ0n) is 11.4. The van der Waals surface area contributed by atoms with Crippen LogP contribution in [0.15, 0.2) is 4.47 Å². The lowest BCUT2D eigenvalue weighted by molar-refractivity contribution is 0.477. The molecule has 1 aromatic heterocycles. The Bertz CT molecular complexity index is 347. The van der Waals surface area contributed by atoms with Gasteiger partial charge in [0.05, 0.1) is 15.9 Å². The van der Waals surface area contributed by atoms with Crippen molar-refractivity contribution in [2.45, 2.75) is 47.1 Å². The summed E-state index contributed by atoms with van der Waals surface area (Å²) < 4.78 is 3.30. The van der Waals surface area contributed by atoms with Gasteiger partial charge in [0, 0.05) is 6.54 Å². The zero-order chi connectivity index (χ0) is 12.8. The van der Waals surface area contributed by atoms with Crippen LogP contribution >= 0.6 is 15.9 Å². The molecule has 0 aliphatic heterocycles. The quantitative estimate of drug-likeness (QED) is 0.838. The molecule has 4 heteroatoms. The van der Waals surface area contributed by atoms with E-state index in [0.29, 0.717) is 5.92 Å². The van der Waals surface area contributed by atoms with Gasteiger partial charge in [-0.2, -0.15) is 5.10 Å². The zero-order valence-corrected chi connectivity index (χ0v) is 13.0. The highest BCUT2D eigenvalue weighted by Crippen LogP contribution is 2.23. The number of hydrogen-bond acceptors (Lipinski definition) is 2. The van der Waals surface area contributed by atoms with Crippen LogP contribution in [0.2, 0.25) is 0 Å². The molecule has 1 N–H and O–H groups in total. The minimum atomic E-state index is 0.711. The van der Waals surface area contributed by atoms with Crippen molar-refractivity contribution in [1.29, 1.82) is 0 Å². The number of rotatable bonds is 7. The van der Waals surface area contributed by atoms with Crippen LogP contribution < -0.4 is 5.32 Å². The van der Waals surface area contributed by atoms with Gasteiger partial charge in [0.15, 0.2) is 0 Å². The van der Waals surface area contributed by atoms with Crippen LogP contribution in [0.1, 0.15) is 38.6 Å². The van der Waals surface area contributed by atoms with Crippen LogP contribution in [0.4, 0.5) is 0 Å². The van der Waals surface area contributed by atoms with Gasteiger partial charge in [-0.25, -0.2) is 0 Å². The molecule has 1 rings (SSSR count). The van der Waals surface area contributed by atoms with E-state index >= 15 is 0 Å². The van der Waals surface area contributed by atoms with Gasteiger partial charge in [0.2, 0.25) is 0 Å². The average molecular weight is 302 g/mol. The smallest absolute Gasteiger partial charge is 0.0738 e. The predicted octanol–water partition coefficient (Wildman–Crippen LogP) is 3.15. The van der Waals surface area contributed by atoms with Crippen LogP contribution in [0.25, 0.3) is 0 Å². The molecule has 0 saturated carbocycles. The summed E-state index contributed by atoms with van der Waals surface area (Å²) in [7, 11) is 0. The van der Waals surface area contributed by atoms with E-state index in [0.717, 1.165) is 31.7 Å². The molecule has 0 amide bonds. The number of halogens is 1. The summed E-state index contributed by atoms with van der Waals surface area (Å²) >= 11 is 3.65. The highest BCUT2D eigenvalue weighted by molar-refractivity contribution is 9.10. The molecule has 1 aromatic rings. The minimum Gasteiger partial charge on any atom is -0.317 e. The second-order valence-electron chi connectivity index (χ2n) is 4.61. The van der Waals surface area contributed by atoms with Crippen molar-refractivity contribution < 1.29 is 0 Å². The van der Waals surface area contributed by atoms with Crippen LogP contribution in [0.3, 0.4) is 0 Å². The first-order valence-corrected chi connectivity index (χ1v) is 7.31. The first-order chi connectivity index (χ1) is 8.10. The predicted molar refractivity (Wildman–Crippen MR) is 76.4 cm³/mol. The van der Waals surface area contributed by atoms with Gasteiger partial charge in [0.1, 0.15) is 0 Å². The van der Waals surface area contributed by atoms with E-state index in [1.165, 1.54) is 16.6 Å². The summed E-state index contributed by atoms with van der Waals surface area (Å²) in [4.78, 5) is 0. The summed E-state index contributed by atoms with van der Waals surface area (Å²) in [5.74, 6) is 0.711. The number of aromatic nitrogens is 2. The van der Waals surface area contributed by atoms with Gasteiger partial charge in [-0.3, -0.25) is 4.68 Å². The van der Waals surface area contributed by atoms with E-state index in [1.807, 2.05) is 0 Å². The third-order valence-electron chi connectivity index (χ3n) is 3.07. The molecule has 0 radical (unpaired) electrons. The van der Waals surface area contributed by atoms with Crippen molar-refractivity contribution >= 4 is 15.9 Å². The Hall–Kier alpha value is -0.350. The monoisotopic (exact) mass is 301 g/mol. The summed E-state index contributed by atoms with van der Waals surface area (Å²) in [6.45, 7) is 11.8. The van der Waals surface area contributed by atoms with Crippen LogP contribution in [0.5, 0.6) is 0 Å². The molecule has 1 heterocycles. The van der Waals surface area contributed by atoms with Crippen molar-refractivity contribution in [1.82, 2.24) is 15.1 Å². The molecule has 0 aromatic carbocycles. The molecule has 1 unspecified atom stereocenters. The van der Waals surface area contributed by atoms with E-state index in [9.17, 15) is 0 Å². The maximum Gasteiger partial charge on any atom is 0.0738 e. The summed E-state index contributed by atoms with van der Waals surface area (Å²) in [5, 5.41) is 7.92. The first kappa shape index (κ1) is 14.7. The minimum absolute atomic E-state index is 0.711. The van der Waals surface area contributed by atoms with Crippen molar-refractivity contribution in [2.24, 2.45) is 5.92 Å². The molecule has 0 aliphatic rings. The van der Waals surface area contributed by atoms with E-state index in [4.69, 9.17) is 0 Å². The number of aryl methyl sites for hydroxylation is 2. The maximum atomic E-state index is 4.52. The van der Waals surface area contributed by atoms with E-state index in [1.54, 1.807) is 0 Å². The molecular weight excluding hydrogens is 278 g/mol. The number of hydrogen-bond donors (Lipinski definition) is 1. The number of nitrogens with one attached hydrogen (secondary N) is 1. The molecule has 0 bridgehead atoms. The lowest BCUT2D eigenvalue weighted by Crippen LogP contribution is -2.21. The lowest BCUT2D eigenvalue weighted by atomic mass is 10.0. The molecule has 0 saturated heterocycles. The largest absolute Gasteiger partial charge is 0.317 e. The molecule has 1 atom stereocenters. The Labute approximate surface area is 113 Å². The van der Waals surface area contributed by atoms with Crippen molar-refractivity contribution in [3.8, 4) is 0 Å². The molecule has 17 heavy (non-hydrogen) atoms. The van der Waals surface area contributed by atoms with E-state index < -0.39 is 0 Å². The van der Waals surface area contributed by atoms with Crippen molar-refractivity contribution in [2.75, 3.05) is 13.1 Å². The van der Waals surface area contributed by atoms with Gasteiger partial charge in [0.25, 0.3) is 0 Å². The molecule has 98 valence electrons. The Kier molecular flexibility index (Phi) is 6.20. The van der Waals surface area contributed by atoms with Crippen LogP contribution in [-0.2, 0) is 13.0 Å². The topological polar surface area (TPSA) is 29.9 Å². The van der Waals surface area contributed by atoms with Gasteiger partial charge >= 0.3 is 0 Å². The molecule has 0 spiro atoms. The first-order valence-electron chi connectivity index (χ1n) is 6.52. The van der Waals surface area contributed by atoms with E-state index in [2.05, 4.69) is 58.7 Å². The Morgan fingerprint density at radius 1 is 1.41 bits per heavy atom. The maximum absolute atomic E-state index is 4.52. The Morgan fingerprint density at radius 3 is 2.71 bits per heavy atom. The van der Waals surface area contributed by atoms with Crippen LogP contribution in [-0.4, -0.2) is 22.9 Å². The van der Waals surface area contributed by atoms with Gasteiger partial charge in [-0.15, -0.1) is 0 Å². The fourth-order valence-corrected chi connectivity index (χ4v) is 2.47. The third kappa shape index (κ3) is 4.11. The second kappa shape index (κ2) is 7.17. The molecular formula is C13H24BrN3. The molecule has 3 nitrogen and oxygen atoms in total. The highest BCUT2D eigenvalue weighted by Gasteiger charge is 2.12. The van der Waals surface area contributed by atoms with Crippen LogP contribution in [0, 0.1) is 12.8 Å². The van der Waals surface area contributed by atoms with Gasteiger partial charge in [-0.1, -0.05) is 13.8 Å². The molecule has 0 fully saturated rings. The third-order valence-corrected chi connectivity index (χ3v) is 4.10. The average Bonchev–Trinajstić information content (AvgIpc) is 2.60. The second-order valence-corrected chi connectivity index (χ2v) is 5.41. The SMILES string of the molecule is CCNCC(C)CCc1c(Br)c(C)nn1CC. The van der Waals surface area contributed by atoms with E-state index in [-0.39, 0.29) is 0 Å². The summed E-state index contributed by atoms with van der Waals surface area (Å²) in [5.41, 5.74) is 2.44. The Morgan fingerprint density at radius 2 is 2.12 bits per heavy atom. The van der Waals surface area contributed by atoms with Gasteiger partial charge < -0.3 is 5.32 Å². The summed E-state index contributed by atoms with van der Waals surface area (Å²) in [6.07, 6.45) is 2.30. The normalized spacial score (nSPS) is 13.0. The Balaban J connectivity index is 2.56. The summed E-state index contributed by atoms with van der Waals surface area (Å²) in [6, 6.07) is 0.